The van der Waals surface area contributed by atoms with E-state index < -0.39 is 0 Å². The van der Waals surface area contributed by atoms with E-state index in [2.05, 4.69) is 47.6 Å². The molecule has 3 aliphatic carbocycles. The van der Waals surface area contributed by atoms with Crippen LogP contribution in [0.4, 0.5) is 17.1 Å². The van der Waals surface area contributed by atoms with Crippen molar-refractivity contribution in [3.8, 4) is 17.2 Å². The first-order chi connectivity index (χ1) is 40.8. The Labute approximate surface area is 498 Å². The Bertz CT molecular complexity index is 2400. The molecule has 0 bridgehead atoms. The summed E-state index contributed by atoms with van der Waals surface area (Å²) in [4.78, 5) is 94.3. The Kier molecular flexibility index (Phi) is 20.2. The third-order valence-corrected chi connectivity index (χ3v) is 20.3. The molecule has 6 heterocycles. The van der Waals surface area contributed by atoms with Gasteiger partial charge >= 0.3 is 0 Å². The number of hydrogen-bond acceptors (Lipinski definition) is 15. The summed E-state index contributed by atoms with van der Waals surface area (Å²) in [5.41, 5.74) is 3.37. The largest absolute Gasteiger partial charge is 0.495 e. The lowest BCUT2D eigenvalue weighted by Gasteiger charge is -2.39. The number of nitrogens with zero attached hydrogens (tertiary/aromatic N) is 9. The molecular formula is C66H93N9O9. The fourth-order valence-electron chi connectivity index (χ4n) is 15.3. The number of amides is 6. The van der Waals surface area contributed by atoms with Gasteiger partial charge in [0.1, 0.15) is 17.2 Å². The van der Waals surface area contributed by atoms with Crippen molar-refractivity contribution in [1.82, 2.24) is 29.4 Å². The van der Waals surface area contributed by atoms with Crippen molar-refractivity contribution in [1.29, 1.82) is 0 Å². The van der Waals surface area contributed by atoms with Crippen LogP contribution in [-0.4, -0.2) is 204 Å². The minimum Gasteiger partial charge on any atom is -0.495 e. The van der Waals surface area contributed by atoms with Crippen molar-refractivity contribution in [2.45, 2.75) is 116 Å². The number of methoxy groups -OCH3 is 3. The first kappa shape index (κ1) is 60.9. The highest BCUT2D eigenvalue weighted by molar-refractivity contribution is 6.00. The number of ether oxygens (including phenoxy) is 3. The predicted molar refractivity (Wildman–Crippen MR) is 326 cm³/mol. The molecule has 3 saturated carbocycles. The molecule has 3 aromatic rings. The molecule has 3 spiro atoms. The second kappa shape index (κ2) is 27.9. The fourth-order valence-corrected chi connectivity index (χ4v) is 15.3. The minimum atomic E-state index is -0.00890. The van der Waals surface area contributed by atoms with Crippen molar-refractivity contribution in [3.05, 3.63) is 72.8 Å². The highest BCUT2D eigenvalue weighted by Crippen LogP contribution is 2.49. The summed E-state index contributed by atoms with van der Waals surface area (Å²) in [7, 11) is 5.12. The molecule has 0 unspecified atom stereocenters. The Morgan fingerprint density at radius 1 is 0.310 bits per heavy atom. The van der Waals surface area contributed by atoms with Gasteiger partial charge in [-0.2, -0.15) is 0 Å². The first-order valence-corrected chi connectivity index (χ1v) is 31.6. The van der Waals surface area contributed by atoms with Gasteiger partial charge in [0.05, 0.1) is 38.4 Å². The molecule has 84 heavy (non-hydrogen) atoms. The van der Waals surface area contributed by atoms with E-state index in [4.69, 9.17) is 14.2 Å². The quantitative estimate of drug-likeness (QED) is 0.137. The average Bonchev–Trinajstić information content (AvgIpc) is 3.51. The molecule has 6 saturated heterocycles. The number of anilines is 3. The Balaban J connectivity index is 0.000000140. The molecule has 456 valence electrons. The fraction of sp³-hybridized carbons (Fsp3) is 0.636. The number of para-hydroxylation sites is 6. The number of hydrogen-bond donors (Lipinski definition) is 0. The maximum atomic E-state index is 12.6. The molecule has 3 aromatic carbocycles. The van der Waals surface area contributed by atoms with Crippen LogP contribution in [0.25, 0.3) is 0 Å². The number of piperidine rings is 3. The van der Waals surface area contributed by atoms with Gasteiger partial charge in [-0.1, -0.05) is 74.9 Å². The summed E-state index contributed by atoms with van der Waals surface area (Å²) in [5.74, 6) is 2.99. The Hall–Kier alpha value is -6.24. The van der Waals surface area contributed by atoms with Crippen molar-refractivity contribution in [2.75, 3.05) is 154 Å². The number of carbonyl (C=O) groups is 6. The maximum Gasteiger partial charge on any atom is 0.229 e. The molecule has 9 aliphatic rings. The van der Waals surface area contributed by atoms with Crippen LogP contribution in [0, 0.1) is 16.2 Å². The standard InChI is InChI=1S/3C22H31N3O3/c3*1-28-19-7-3-2-6-18(19)24-13-10-23(11-14-24)12-15-25-20(26)16-22(17-21(25)27)8-4-5-9-22/h3*2-3,6-7H,4-5,8-17H2,1H3. The van der Waals surface area contributed by atoms with Crippen molar-refractivity contribution < 1.29 is 43.0 Å². The summed E-state index contributed by atoms with van der Waals surface area (Å²) in [6, 6.07) is 24.3. The smallest absolute Gasteiger partial charge is 0.229 e. The molecule has 0 atom stereocenters. The lowest BCUT2D eigenvalue weighted by Crippen LogP contribution is -2.52. The van der Waals surface area contributed by atoms with E-state index in [1.54, 1.807) is 21.3 Å². The topological polar surface area (TPSA) is 159 Å². The second-order valence-corrected chi connectivity index (χ2v) is 25.5. The van der Waals surface area contributed by atoms with E-state index in [0.717, 1.165) is 210 Å². The molecule has 0 radical (unpaired) electrons. The Morgan fingerprint density at radius 3 is 0.738 bits per heavy atom. The van der Waals surface area contributed by atoms with Crippen LogP contribution in [0.2, 0.25) is 0 Å². The van der Waals surface area contributed by atoms with Gasteiger partial charge in [-0.25, -0.2) is 0 Å². The third-order valence-electron chi connectivity index (χ3n) is 20.3. The highest BCUT2D eigenvalue weighted by Gasteiger charge is 2.47. The number of imide groups is 3. The molecule has 0 N–H and O–H groups in total. The monoisotopic (exact) mass is 1160 g/mol. The van der Waals surface area contributed by atoms with Gasteiger partial charge in [-0.15, -0.1) is 0 Å². The van der Waals surface area contributed by atoms with Gasteiger partial charge in [-0.05, 0) is 91.2 Å². The van der Waals surface area contributed by atoms with Crippen LogP contribution in [-0.2, 0) is 28.8 Å². The zero-order valence-corrected chi connectivity index (χ0v) is 50.6. The van der Waals surface area contributed by atoms with E-state index in [1.165, 1.54) is 14.7 Å². The molecular weight excluding hydrogens is 1060 g/mol. The van der Waals surface area contributed by atoms with Crippen LogP contribution in [0.5, 0.6) is 17.2 Å². The molecule has 18 heteroatoms. The third kappa shape index (κ3) is 14.5. The summed E-state index contributed by atoms with van der Waals surface area (Å²) < 4.78 is 16.4. The van der Waals surface area contributed by atoms with Crippen LogP contribution in [0.15, 0.2) is 72.8 Å². The number of carbonyl (C=O) groups excluding carboxylic acids is 6. The Morgan fingerprint density at radius 2 is 0.524 bits per heavy atom. The van der Waals surface area contributed by atoms with E-state index >= 15 is 0 Å². The SMILES string of the molecule is COc1ccccc1N1CCN(CCN2C(=O)CC3(CCCC3)CC2=O)CC1.COc1ccccc1N1CCN(CCN2C(=O)CC3(CCCC3)CC2=O)CC1.COc1ccccc1N1CCN(CCN2C(=O)CC3(CCCC3)CC2=O)CC1. The van der Waals surface area contributed by atoms with Gasteiger partial charge in [0.25, 0.3) is 0 Å². The number of piperazine rings is 3. The van der Waals surface area contributed by atoms with E-state index in [9.17, 15) is 28.8 Å². The van der Waals surface area contributed by atoms with Gasteiger partial charge in [0, 0.05) is 156 Å². The average molecular weight is 1160 g/mol. The van der Waals surface area contributed by atoms with Crippen LogP contribution >= 0.6 is 0 Å². The lowest BCUT2D eigenvalue weighted by atomic mass is 9.76. The van der Waals surface area contributed by atoms with Gasteiger partial charge in [-0.3, -0.25) is 58.2 Å². The van der Waals surface area contributed by atoms with Gasteiger partial charge in [0.15, 0.2) is 0 Å². The van der Waals surface area contributed by atoms with Gasteiger partial charge in [0.2, 0.25) is 35.4 Å². The normalized spacial score (nSPS) is 22.9. The number of rotatable bonds is 15. The molecule has 0 aromatic heterocycles. The minimum absolute atomic E-state index is 0.00890. The van der Waals surface area contributed by atoms with Crippen LogP contribution in [0.1, 0.15) is 116 Å². The first-order valence-electron chi connectivity index (χ1n) is 31.6. The van der Waals surface area contributed by atoms with Crippen molar-refractivity contribution >= 4 is 52.5 Å². The summed E-state index contributed by atoms with van der Waals surface area (Å²) in [5, 5.41) is 0. The summed E-state index contributed by atoms with van der Waals surface area (Å²) in [6.45, 7) is 15.0. The van der Waals surface area contributed by atoms with Crippen molar-refractivity contribution in [3.63, 3.8) is 0 Å². The van der Waals surface area contributed by atoms with E-state index in [1.807, 2.05) is 54.6 Å². The molecule has 6 amide bonds. The molecule has 18 nitrogen and oxygen atoms in total. The molecule has 9 fully saturated rings. The second-order valence-electron chi connectivity index (χ2n) is 25.5. The summed E-state index contributed by atoms with van der Waals surface area (Å²) >= 11 is 0. The van der Waals surface area contributed by atoms with Crippen LogP contribution in [0.3, 0.4) is 0 Å². The van der Waals surface area contributed by atoms with Gasteiger partial charge < -0.3 is 28.9 Å². The zero-order chi connectivity index (χ0) is 58.7. The van der Waals surface area contributed by atoms with Crippen LogP contribution < -0.4 is 28.9 Å². The lowest BCUT2D eigenvalue weighted by molar-refractivity contribution is -0.155. The molecule has 12 rings (SSSR count). The summed E-state index contributed by atoms with van der Waals surface area (Å²) in [6.07, 6.45) is 16.7. The number of likely N-dealkylation sites (tertiary alicyclic amines) is 3. The molecule has 6 aliphatic heterocycles. The predicted octanol–water partition coefficient (Wildman–Crippen LogP) is 7.58. The number of benzene rings is 3. The zero-order valence-electron chi connectivity index (χ0n) is 50.6. The maximum absolute atomic E-state index is 12.6. The van der Waals surface area contributed by atoms with E-state index in [-0.39, 0.29) is 51.7 Å². The van der Waals surface area contributed by atoms with E-state index in [0.29, 0.717) is 58.2 Å². The van der Waals surface area contributed by atoms with Crippen molar-refractivity contribution in [2.24, 2.45) is 16.2 Å². The highest BCUT2D eigenvalue weighted by atomic mass is 16.5.